The molecule has 160 valence electrons. The van der Waals surface area contributed by atoms with Gasteiger partial charge in [-0.25, -0.2) is 9.59 Å². The predicted molar refractivity (Wildman–Crippen MR) is 106 cm³/mol. The molecule has 2 amide bonds. The number of nitrogens with zero attached hydrogens (tertiary/aromatic N) is 2. The molecule has 0 aromatic heterocycles. The summed E-state index contributed by atoms with van der Waals surface area (Å²) in [7, 11) is 0. The van der Waals surface area contributed by atoms with Gasteiger partial charge < -0.3 is 19.2 Å². The van der Waals surface area contributed by atoms with Crippen LogP contribution in [0.2, 0.25) is 0 Å². The molecular formula is C21H36N2O5. The molecule has 2 rings (SSSR count). The first-order valence-corrected chi connectivity index (χ1v) is 10.3. The third kappa shape index (κ3) is 6.38. The highest BCUT2D eigenvalue weighted by molar-refractivity contribution is 5.75. The van der Waals surface area contributed by atoms with E-state index in [-0.39, 0.29) is 18.1 Å². The third-order valence-electron chi connectivity index (χ3n) is 5.08. The van der Waals surface area contributed by atoms with Gasteiger partial charge in [-0.15, -0.1) is 0 Å². The van der Waals surface area contributed by atoms with Crippen molar-refractivity contribution < 1.29 is 23.9 Å². The molecule has 0 aromatic carbocycles. The number of carbonyl (C=O) groups excluding carboxylic acids is 3. The van der Waals surface area contributed by atoms with Gasteiger partial charge in [0.1, 0.15) is 17.5 Å². The third-order valence-corrected chi connectivity index (χ3v) is 5.08. The first-order chi connectivity index (χ1) is 12.9. The summed E-state index contributed by atoms with van der Waals surface area (Å²) in [5, 5.41) is 0. The van der Waals surface area contributed by atoms with Crippen molar-refractivity contribution in [2.45, 2.75) is 96.9 Å². The lowest BCUT2D eigenvalue weighted by atomic mass is 9.90. The van der Waals surface area contributed by atoms with Crippen LogP contribution >= 0.6 is 0 Å². The standard InChI is InChI=1S/C21H36N2O5/c1-20(2,3)27-18(25)22-11-7-8-15(13-22)12-16-9-10-17(14-24)23(16)19(26)28-21(4,5)6/h14-17H,7-13H2,1-6H3/t15?,16-,17+/m0/s1. The highest BCUT2D eigenvalue weighted by atomic mass is 16.6. The van der Waals surface area contributed by atoms with E-state index in [2.05, 4.69) is 0 Å². The molecule has 1 unspecified atom stereocenters. The minimum Gasteiger partial charge on any atom is -0.444 e. The Labute approximate surface area is 168 Å². The summed E-state index contributed by atoms with van der Waals surface area (Å²) in [6.45, 7) is 12.4. The summed E-state index contributed by atoms with van der Waals surface area (Å²) < 4.78 is 11.0. The summed E-state index contributed by atoms with van der Waals surface area (Å²) in [4.78, 5) is 39.9. The number of amides is 2. The molecule has 2 saturated heterocycles. The molecule has 2 heterocycles. The zero-order valence-electron chi connectivity index (χ0n) is 18.2. The smallest absolute Gasteiger partial charge is 0.411 e. The van der Waals surface area contributed by atoms with Crippen LogP contribution in [-0.2, 0) is 14.3 Å². The van der Waals surface area contributed by atoms with E-state index in [0.717, 1.165) is 32.0 Å². The Morgan fingerprint density at radius 2 is 1.57 bits per heavy atom. The van der Waals surface area contributed by atoms with E-state index in [1.165, 1.54) is 0 Å². The monoisotopic (exact) mass is 396 g/mol. The quantitative estimate of drug-likeness (QED) is 0.674. The van der Waals surface area contributed by atoms with Crippen LogP contribution in [0, 0.1) is 5.92 Å². The number of rotatable bonds is 3. The van der Waals surface area contributed by atoms with E-state index >= 15 is 0 Å². The Kier molecular flexibility index (Phi) is 6.99. The van der Waals surface area contributed by atoms with Gasteiger partial charge in [0.05, 0.1) is 6.04 Å². The average molecular weight is 397 g/mol. The van der Waals surface area contributed by atoms with Gasteiger partial charge in [-0.3, -0.25) is 4.90 Å². The summed E-state index contributed by atoms with van der Waals surface area (Å²) in [5.74, 6) is 0.279. The normalized spacial score (nSPS) is 26.1. The van der Waals surface area contributed by atoms with Crippen molar-refractivity contribution in [3.8, 4) is 0 Å². The fourth-order valence-corrected chi connectivity index (χ4v) is 4.01. The number of likely N-dealkylation sites (tertiary alicyclic amines) is 2. The molecule has 2 aliphatic heterocycles. The average Bonchev–Trinajstić information content (AvgIpc) is 2.94. The van der Waals surface area contributed by atoms with E-state index in [4.69, 9.17) is 9.47 Å². The van der Waals surface area contributed by atoms with Gasteiger partial charge in [0.25, 0.3) is 0 Å². The highest BCUT2D eigenvalue weighted by Crippen LogP contribution is 2.32. The molecule has 2 aliphatic rings. The summed E-state index contributed by atoms with van der Waals surface area (Å²) >= 11 is 0. The van der Waals surface area contributed by atoms with Gasteiger partial charge in [-0.05, 0) is 79.6 Å². The fraction of sp³-hybridized carbons (Fsp3) is 0.857. The number of piperidine rings is 1. The summed E-state index contributed by atoms with van der Waals surface area (Å²) in [6.07, 6.45) is 4.27. The second-order valence-electron chi connectivity index (χ2n) is 9.99. The van der Waals surface area contributed by atoms with Gasteiger partial charge in [0.15, 0.2) is 0 Å². The SMILES string of the molecule is CC(C)(C)OC(=O)N1CCCC(C[C@@H]2CC[C@H](C=O)N2C(=O)OC(C)(C)C)C1. The lowest BCUT2D eigenvalue weighted by molar-refractivity contribution is -0.112. The Bertz CT molecular complexity index is 578. The van der Waals surface area contributed by atoms with E-state index in [1.54, 1.807) is 9.80 Å². The number of hydrogen-bond acceptors (Lipinski definition) is 5. The maximum atomic E-state index is 12.7. The van der Waals surface area contributed by atoms with Gasteiger partial charge in [-0.2, -0.15) is 0 Å². The molecule has 0 aromatic rings. The Morgan fingerprint density at radius 3 is 2.14 bits per heavy atom. The molecule has 7 nitrogen and oxygen atoms in total. The molecule has 0 aliphatic carbocycles. The summed E-state index contributed by atoms with van der Waals surface area (Å²) in [6, 6.07) is -0.459. The zero-order chi connectivity index (χ0) is 21.1. The molecule has 0 N–H and O–H groups in total. The van der Waals surface area contributed by atoms with Crippen LogP contribution in [0.15, 0.2) is 0 Å². The first-order valence-electron chi connectivity index (χ1n) is 10.3. The lowest BCUT2D eigenvalue weighted by Crippen LogP contribution is -2.47. The maximum Gasteiger partial charge on any atom is 0.411 e. The topological polar surface area (TPSA) is 76.2 Å². The van der Waals surface area contributed by atoms with E-state index in [9.17, 15) is 14.4 Å². The van der Waals surface area contributed by atoms with E-state index in [0.29, 0.717) is 19.5 Å². The van der Waals surface area contributed by atoms with Crippen LogP contribution in [0.4, 0.5) is 9.59 Å². The van der Waals surface area contributed by atoms with Crippen molar-refractivity contribution in [1.29, 1.82) is 0 Å². The number of hydrogen-bond donors (Lipinski definition) is 0. The molecule has 3 atom stereocenters. The van der Waals surface area contributed by atoms with Crippen molar-refractivity contribution >= 4 is 18.5 Å². The van der Waals surface area contributed by atoms with Crippen LogP contribution in [-0.4, -0.2) is 64.6 Å². The Balaban J connectivity index is 2.01. The molecule has 0 bridgehead atoms. The number of aldehydes is 1. The zero-order valence-corrected chi connectivity index (χ0v) is 18.2. The second kappa shape index (κ2) is 8.70. The largest absolute Gasteiger partial charge is 0.444 e. The van der Waals surface area contributed by atoms with Gasteiger partial charge in [0.2, 0.25) is 0 Å². The Morgan fingerprint density at radius 1 is 0.964 bits per heavy atom. The Hall–Kier alpha value is -1.79. The molecule has 2 fully saturated rings. The molecule has 7 heteroatoms. The van der Waals surface area contributed by atoms with Crippen molar-refractivity contribution in [2.75, 3.05) is 13.1 Å². The molecule has 28 heavy (non-hydrogen) atoms. The molecular weight excluding hydrogens is 360 g/mol. The first kappa shape index (κ1) is 22.5. The molecule has 0 spiro atoms. The number of carbonyl (C=O) groups is 3. The van der Waals surface area contributed by atoms with Gasteiger partial charge in [-0.1, -0.05) is 0 Å². The van der Waals surface area contributed by atoms with Crippen molar-refractivity contribution in [3.63, 3.8) is 0 Å². The summed E-state index contributed by atoms with van der Waals surface area (Å²) in [5.41, 5.74) is -1.11. The lowest BCUT2D eigenvalue weighted by Gasteiger charge is -2.37. The van der Waals surface area contributed by atoms with Crippen LogP contribution in [0.25, 0.3) is 0 Å². The van der Waals surface area contributed by atoms with Gasteiger partial charge in [0, 0.05) is 19.1 Å². The van der Waals surface area contributed by atoms with E-state index < -0.39 is 23.3 Å². The minimum atomic E-state index is -0.601. The van der Waals surface area contributed by atoms with Crippen LogP contribution in [0.3, 0.4) is 0 Å². The van der Waals surface area contributed by atoms with Crippen LogP contribution in [0.5, 0.6) is 0 Å². The van der Waals surface area contributed by atoms with E-state index in [1.807, 2.05) is 41.5 Å². The maximum absolute atomic E-state index is 12.7. The van der Waals surface area contributed by atoms with Crippen molar-refractivity contribution in [1.82, 2.24) is 9.80 Å². The van der Waals surface area contributed by atoms with Crippen LogP contribution in [0.1, 0.15) is 73.6 Å². The second-order valence-corrected chi connectivity index (χ2v) is 9.99. The number of ether oxygens (including phenoxy) is 2. The van der Waals surface area contributed by atoms with Crippen LogP contribution < -0.4 is 0 Å². The minimum absolute atomic E-state index is 0.0337. The highest BCUT2D eigenvalue weighted by Gasteiger charge is 2.41. The molecule has 0 saturated carbocycles. The van der Waals surface area contributed by atoms with Crippen molar-refractivity contribution in [3.05, 3.63) is 0 Å². The predicted octanol–water partition coefficient (Wildman–Crippen LogP) is 3.99. The molecule has 0 radical (unpaired) electrons. The van der Waals surface area contributed by atoms with Gasteiger partial charge >= 0.3 is 12.2 Å². The van der Waals surface area contributed by atoms with Crippen molar-refractivity contribution in [2.24, 2.45) is 5.92 Å². The fourth-order valence-electron chi connectivity index (χ4n) is 4.01.